The van der Waals surface area contributed by atoms with Gasteiger partial charge in [-0.2, -0.15) is 4.99 Å². The predicted octanol–water partition coefficient (Wildman–Crippen LogP) is 4.86. The summed E-state index contributed by atoms with van der Waals surface area (Å²) in [6, 6.07) is 28.8. The number of nitrogens with zero attached hydrogens (tertiary/aromatic N) is 1. The Balaban J connectivity index is 1.82. The summed E-state index contributed by atoms with van der Waals surface area (Å²) in [5, 5.41) is 0. The average molecular weight is 315 g/mol. The second kappa shape index (κ2) is 7.88. The van der Waals surface area contributed by atoms with Gasteiger partial charge in [0.15, 0.2) is 0 Å². The van der Waals surface area contributed by atoms with Gasteiger partial charge in [0, 0.05) is 11.1 Å². The molecule has 0 aliphatic carbocycles. The van der Waals surface area contributed by atoms with Crippen LogP contribution < -0.4 is 0 Å². The maximum atomic E-state index is 12.2. The molecule has 0 aliphatic rings. The smallest absolute Gasteiger partial charge is 0.434 e. The molecule has 0 bridgehead atoms. The van der Waals surface area contributed by atoms with Crippen LogP contribution in [0.5, 0.6) is 0 Å². The molecule has 0 spiro atoms. The summed E-state index contributed by atoms with van der Waals surface area (Å²) in [6.45, 7) is 0.208. The molecular formula is C21H17NO2. The first-order valence-electron chi connectivity index (χ1n) is 7.73. The van der Waals surface area contributed by atoms with Crippen molar-refractivity contribution >= 4 is 11.8 Å². The zero-order chi connectivity index (χ0) is 16.6. The van der Waals surface area contributed by atoms with E-state index in [1.807, 2.05) is 91.0 Å². The fourth-order valence-corrected chi connectivity index (χ4v) is 2.33. The molecule has 0 saturated heterocycles. The van der Waals surface area contributed by atoms with Crippen LogP contribution in [0.1, 0.15) is 16.7 Å². The van der Waals surface area contributed by atoms with Crippen LogP contribution in [-0.2, 0) is 11.3 Å². The van der Waals surface area contributed by atoms with Gasteiger partial charge < -0.3 is 4.74 Å². The van der Waals surface area contributed by atoms with Crippen molar-refractivity contribution in [3.05, 3.63) is 108 Å². The maximum absolute atomic E-state index is 12.2. The fourth-order valence-electron chi connectivity index (χ4n) is 2.33. The molecule has 3 rings (SSSR count). The van der Waals surface area contributed by atoms with Crippen molar-refractivity contribution in [1.82, 2.24) is 0 Å². The third-order valence-corrected chi connectivity index (χ3v) is 3.50. The normalized spacial score (nSPS) is 10.0. The summed E-state index contributed by atoms with van der Waals surface area (Å²) in [5.41, 5.74) is 3.29. The lowest BCUT2D eigenvalue weighted by atomic mass is 10.0. The van der Waals surface area contributed by atoms with Gasteiger partial charge in [-0.15, -0.1) is 0 Å². The van der Waals surface area contributed by atoms with E-state index < -0.39 is 6.09 Å². The summed E-state index contributed by atoms with van der Waals surface area (Å²) < 4.78 is 5.28. The molecular weight excluding hydrogens is 298 g/mol. The van der Waals surface area contributed by atoms with Gasteiger partial charge in [-0.05, 0) is 5.56 Å². The highest BCUT2D eigenvalue weighted by atomic mass is 16.5. The molecule has 0 N–H and O–H groups in total. The Kier molecular flexibility index (Phi) is 5.15. The van der Waals surface area contributed by atoms with Gasteiger partial charge in [0.25, 0.3) is 0 Å². The third kappa shape index (κ3) is 4.17. The van der Waals surface area contributed by atoms with Crippen molar-refractivity contribution in [2.24, 2.45) is 4.99 Å². The van der Waals surface area contributed by atoms with Gasteiger partial charge in [-0.3, -0.25) is 0 Å². The van der Waals surface area contributed by atoms with Gasteiger partial charge in [-0.1, -0.05) is 91.0 Å². The monoisotopic (exact) mass is 315 g/mol. The third-order valence-electron chi connectivity index (χ3n) is 3.50. The topological polar surface area (TPSA) is 38.7 Å². The van der Waals surface area contributed by atoms with E-state index in [0.29, 0.717) is 5.71 Å². The van der Waals surface area contributed by atoms with Crippen LogP contribution in [0.4, 0.5) is 4.79 Å². The van der Waals surface area contributed by atoms with Crippen molar-refractivity contribution < 1.29 is 9.53 Å². The standard InChI is InChI=1S/C21H17NO2/c23-21(24-16-17-10-4-1-5-11-17)22-20(18-12-6-2-7-13-18)19-14-8-3-9-15-19/h1-15H,16H2. The summed E-state index contributed by atoms with van der Waals surface area (Å²) in [5.74, 6) is 0. The minimum atomic E-state index is -0.596. The lowest BCUT2D eigenvalue weighted by Gasteiger charge is -2.07. The maximum Gasteiger partial charge on any atom is 0.434 e. The Morgan fingerprint density at radius 1 is 0.708 bits per heavy atom. The average Bonchev–Trinajstić information content (AvgIpc) is 2.67. The molecule has 3 aromatic rings. The van der Waals surface area contributed by atoms with Crippen LogP contribution in [0.25, 0.3) is 0 Å². The SMILES string of the molecule is O=C(N=C(c1ccccc1)c1ccccc1)OCc1ccccc1. The summed E-state index contributed by atoms with van der Waals surface area (Å²) in [7, 11) is 0. The molecule has 0 radical (unpaired) electrons. The van der Waals surface area contributed by atoms with Gasteiger partial charge in [-0.25, -0.2) is 4.79 Å². The van der Waals surface area contributed by atoms with E-state index in [1.165, 1.54) is 0 Å². The lowest BCUT2D eigenvalue weighted by Crippen LogP contribution is -2.08. The number of hydrogen-bond donors (Lipinski definition) is 0. The molecule has 3 nitrogen and oxygen atoms in total. The molecule has 118 valence electrons. The van der Waals surface area contributed by atoms with Crippen LogP contribution in [0, 0.1) is 0 Å². The number of carbonyl (C=O) groups is 1. The molecule has 0 fully saturated rings. The number of carbonyl (C=O) groups excluding carboxylic acids is 1. The number of hydrogen-bond acceptors (Lipinski definition) is 2. The van der Waals surface area contributed by atoms with Gasteiger partial charge in [0.2, 0.25) is 0 Å². The van der Waals surface area contributed by atoms with Crippen LogP contribution in [-0.4, -0.2) is 11.8 Å². The van der Waals surface area contributed by atoms with Gasteiger partial charge >= 0.3 is 6.09 Å². The predicted molar refractivity (Wildman–Crippen MR) is 95.2 cm³/mol. The van der Waals surface area contributed by atoms with Crippen molar-refractivity contribution in [1.29, 1.82) is 0 Å². The zero-order valence-corrected chi connectivity index (χ0v) is 13.1. The molecule has 0 aromatic heterocycles. The van der Waals surface area contributed by atoms with Crippen molar-refractivity contribution in [3.8, 4) is 0 Å². The van der Waals surface area contributed by atoms with Gasteiger partial charge in [0.1, 0.15) is 6.61 Å². The molecule has 0 aliphatic heterocycles. The second-order valence-electron chi connectivity index (χ2n) is 5.23. The largest absolute Gasteiger partial charge is 0.443 e. The first-order valence-corrected chi connectivity index (χ1v) is 7.73. The van der Waals surface area contributed by atoms with Crippen LogP contribution in [0.2, 0.25) is 0 Å². The number of ether oxygens (including phenoxy) is 1. The van der Waals surface area contributed by atoms with E-state index in [0.717, 1.165) is 16.7 Å². The summed E-state index contributed by atoms with van der Waals surface area (Å²) >= 11 is 0. The highest BCUT2D eigenvalue weighted by Crippen LogP contribution is 2.12. The van der Waals surface area contributed by atoms with E-state index in [1.54, 1.807) is 0 Å². The minimum absolute atomic E-state index is 0.208. The van der Waals surface area contributed by atoms with E-state index in [2.05, 4.69) is 4.99 Å². The molecule has 24 heavy (non-hydrogen) atoms. The lowest BCUT2D eigenvalue weighted by molar-refractivity contribution is 0.151. The van der Waals surface area contributed by atoms with E-state index >= 15 is 0 Å². The molecule has 0 atom stereocenters. The Labute approximate surface area is 141 Å². The Bertz CT molecular complexity index is 771. The molecule has 3 aromatic carbocycles. The van der Waals surface area contributed by atoms with E-state index in [4.69, 9.17) is 4.74 Å². The zero-order valence-electron chi connectivity index (χ0n) is 13.1. The quantitative estimate of drug-likeness (QED) is 0.645. The number of aliphatic imine (C=N–C) groups is 1. The fraction of sp³-hybridized carbons (Fsp3) is 0.0476. The minimum Gasteiger partial charge on any atom is -0.443 e. The van der Waals surface area contributed by atoms with Crippen LogP contribution in [0.3, 0.4) is 0 Å². The molecule has 0 heterocycles. The molecule has 0 saturated carbocycles. The Morgan fingerprint density at radius 3 is 1.67 bits per heavy atom. The van der Waals surface area contributed by atoms with E-state index in [-0.39, 0.29) is 6.61 Å². The van der Waals surface area contributed by atoms with Crippen molar-refractivity contribution in [2.45, 2.75) is 6.61 Å². The van der Waals surface area contributed by atoms with Crippen LogP contribution >= 0.6 is 0 Å². The number of benzene rings is 3. The number of rotatable bonds is 4. The number of amides is 1. The highest BCUT2D eigenvalue weighted by molar-refractivity contribution is 6.16. The summed E-state index contributed by atoms with van der Waals surface area (Å²) in [4.78, 5) is 16.4. The second-order valence-corrected chi connectivity index (χ2v) is 5.23. The van der Waals surface area contributed by atoms with E-state index in [9.17, 15) is 4.79 Å². The highest BCUT2D eigenvalue weighted by Gasteiger charge is 2.10. The molecule has 3 heteroatoms. The first kappa shape index (κ1) is 15.7. The summed E-state index contributed by atoms with van der Waals surface area (Å²) in [6.07, 6.45) is -0.596. The molecule has 0 unspecified atom stereocenters. The Morgan fingerprint density at radius 2 is 1.17 bits per heavy atom. The first-order chi connectivity index (χ1) is 11.8. The van der Waals surface area contributed by atoms with Gasteiger partial charge in [0.05, 0.1) is 5.71 Å². The van der Waals surface area contributed by atoms with Crippen molar-refractivity contribution in [3.63, 3.8) is 0 Å². The van der Waals surface area contributed by atoms with Crippen LogP contribution in [0.15, 0.2) is 96.0 Å². The molecule has 1 amide bonds. The van der Waals surface area contributed by atoms with Crippen molar-refractivity contribution in [2.75, 3.05) is 0 Å². The Hall–Kier alpha value is -3.20.